The number of nitriles is 1. The van der Waals surface area contributed by atoms with Crippen LogP contribution in [0.25, 0.3) is 0 Å². The number of hydrogen-bond acceptors (Lipinski definition) is 3. The Kier molecular flexibility index (Phi) is 5.55. The van der Waals surface area contributed by atoms with Gasteiger partial charge in [0, 0.05) is 6.92 Å². The number of amides is 1. The topological polar surface area (TPSA) is 61.9 Å². The minimum atomic E-state index is -0.290. The van der Waals surface area contributed by atoms with Crippen molar-refractivity contribution in [2.24, 2.45) is 0 Å². The van der Waals surface area contributed by atoms with Crippen LogP contribution in [0.15, 0.2) is 48.5 Å². The number of halogens is 1. The summed E-state index contributed by atoms with van der Waals surface area (Å²) in [5, 5.41) is 13.7. The Bertz CT molecular complexity index is 1060. The van der Waals surface area contributed by atoms with E-state index in [2.05, 4.69) is 11.2 Å². The standard InChI is InChI=1S/C22H21FN4O/c1-15-22(16(2)27(25-15)14-20-8-5-9-21(23)11-20)26(17(3)28)13-19-7-4-6-18(10-19)12-24/h4-11H,13-14H2,1-3H3. The molecule has 3 aromatic rings. The number of aryl methyl sites for hydroxylation is 1. The van der Waals surface area contributed by atoms with Crippen LogP contribution in [0.4, 0.5) is 10.1 Å². The third-order valence-corrected chi connectivity index (χ3v) is 4.61. The van der Waals surface area contributed by atoms with E-state index in [0.717, 1.165) is 28.2 Å². The fourth-order valence-electron chi connectivity index (χ4n) is 3.31. The highest BCUT2D eigenvalue weighted by Gasteiger charge is 2.21. The van der Waals surface area contributed by atoms with Crippen LogP contribution in [0.3, 0.4) is 0 Å². The zero-order valence-electron chi connectivity index (χ0n) is 16.1. The summed E-state index contributed by atoms with van der Waals surface area (Å²) >= 11 is 0. The van der Waals surface area contributed by atoms with Crippen LogP contribution in [0, 0.1) is 31.0 Å². The summed E-state index contributed by atoms with van der Waals surface area (Å²) in [6, 6.07) is 15.7. The largest absolute Gasteiger partial charge is 0.305 e. The number of benzene rings is 2. The average molecular weight is 376 g/mol. The molecule has 1 amide bonds. The van der Waals surface area contributed by atoms with Gasteiger partial charge in [-0.1, -0.05) is 24.3 Å². The highest BCUT2D eigenvalue weighted by Crippen LogP contribution is 2.27. The molecular formula is C22H21FN4O. The second kappa shape index (κ2) is 8.05. The van der Waals surface area contributed by atoms with Crippen molar-refractivity contribution in [2.45, 2.75) is 33.9 Å². The van der Waals surface area contributed by atoms with Gasteiger partial charge in [0.05, 0.1) is 41.8 Å². The fourth-order valence-corrected chi connectivity index (χ4v) is 3.31. The molecule has 0 fully saturated rings. The van der Waals surface area contributed by atoms with Gasteiger partial charge >= 0.3 is 0 Å². The number of hydrogen-bond donors (Lipinski definition) is 0. The maximum atomic E-state index is 13.5. The zero-order valence-corrected chi connectivity index (χ0v) is 16.1. The van der Waals surface area contributed by atoms with Gasteiger partial charge in [-0.15, -0.1) is 0 Å². The second-order valence-electron chi connectivity index (χ2n) is 6.72. The van der Waals surface area contributed by atoms with Crippen molar-refractivity contribution in [3.63, 3.8) is 0 Å². The molecule has 0 spiro atoms. The summed E-state index contributed by atoms with van der Waals surface area (Å²) in [6.45, 7) is 6.03. The molecule has 6 heteroatoms. The highest BCUT2D eigenvalue weighted by molar-refractivity contribution is 5.92. The predicted octanol–water partition coefficient (Wildman–Crippen LogP) is 4.11. The third kappa shape index (κ3) is 4.09. The van der Waals surface area contributed by atoms with E-state index in [4.69, 9.17) is 5.26 Å². The van der Waals surface area contributed by atoms with E-state index in [9.17, 15) is 9.18 Å². The molecule has 142 valence electrons. The molecule has 5 nitrogen and oxygen atoms in total. The van der Waals surface area contributed by atoms with Gasteiger partial charge in [-0.2, -0.15) is 10.4 Å². The van der Waals surface area contributed by atoms with Gasteiger partial charge in [-0.05, 0) is 49.2 Å². The molecule has 0 aliphatic heterocycles. The normalized spacial score (nSPS) is 10.5. The average Bonchev–Trinajstić information content (AvgIpc) is 2.93. The molecule has 1 heterocycles. The van der Waals surface area contributed by atoms with E-state index in [1.165, 1.54) is 19.1 Å². The Morgan fingerprint density at radius 2 is 1.89 bits per heavy atom. The van der Waals surface area contributed by atoms with Crippen LogP contribution < -0.4 is 4.90 Å². The van der Waals surface area contributed by atoms with Crippen molar-refractivity contribution < 1.29 is 9.18 Å². The molecule has 1 aromatic heterocycles. The van der Waals surface area contributed by atoms with E-state index in [-0.39, 0.29) is 11.7 Å². The van der Waals surface area contributed by atoms with Crippen LogP contribution in [-0.4, -0.2) is 15.7 Å². The molecule has 28 heavy (non-hydrogen) atoms. The molecule has 0 N–H and O–H groups in total. The number of rotatable bonds is 5. The lowest BCUT2D eigenvalue weighted by molar-refractivity contribution is -0.116. The lowest BCUT2D eigenvalue weighted by Gasteiger charge is -2.22. The van der Waals surface area contributed by atoms with Crippen LogP contribution in [-0.2, 0) is 17.9 Å². The van der Waals surface area contributed by atoms with Crippen molar-refractivity contribution in [3.05, 3.63) is 82.4 Å². The molecule has 0 bridgehead atoms. The number of anilines is 1. The minimum Gasteiger partial charge on any atom is -0.305 e. The first kappa shape index (κ1) is 19.3. The van der Waals surface area contributed by atoms with Gasteiger partial charge < -0.3 is 4.90 Å². The maximum absolute atomic E-state index is 13.5. The Balaban J connectivity index is 1.94. The first-order valence-corrected chi connectivity index (χ1v) is 8.94. The van der Waals surface area contributed by atoms with Crippen molar-refractivity contribution >= 4 is 11.6 Å². The quantitative estimate of drug-likeness (QED) is 0.673. The summed E-state index contributed by atoms with van der Waals surface area (Å²) in [6.07, 6.45) is 0. The van der Waals surface area contributed by atoms with Crippen LogP contribution >= 0.6 is 0 Å². The number of nitrogens with zero attached hydrogens (tertiary/aromatic N) is 4. The summed E-state index contributed by atoms with van der Waals surface area (Å²) in [5.74, 6) is -0.402. The predicted molar refractivity (Wildman–Crippen MR) is 105 cm³/mol. The summed E-state index contributed by atoms with van der Waals surface area (Å²) < 4.78 is 15.3. The molecule has 0 saturated carbocycles. The van der Waals surface area contributed by atoms with E-state index in [0.29, 0.717) is 18.7 Å². The van der Waals surface area contributed by atoms with Crippen LogP contribution in [0.2, 0.25) is 0 Å². The lowest BCUT2D eigenvalue weighted by Crippen LogP contribution is -2.29. The van der Waals surface area contributed by atoms with Gasteiger partial charge in [-0.3, -0.25) is 9.48 Å². The Morgan fingerprint density at radius 3 is 2.57 bits per heavy atom. The smallest absolute Gasteiger partial charge is 0.224 e. The molecule has 0 aliphatic carbocycles. The van der Waals surface area contributed by atoms with Crippen LogP contribution in [0.1, 0.15) is 35.0 Å². The van der Waals surface area contributed by atoms with Gasteiger partial charge in [0.25, 0.3) is 0 Å². The molecule has 0 radical (unpaired) electrons. The molecular weight excluding hydrogens is 355 g/mol. The number of carbonyl (C=O) groups excluding carboxylic acids is 1. The van der Waals surface area contributed by atoms with Crippen molar-refractivity contribution in [2.75, 3.05) is 4.90 Å². The first-order valence-electron chi connectivity index (χ1n) is 8.94. The van der Waals surface area contributed by atoms with E-state index in [1.807, 2.05) is 26.0 Å². The number of carbonyl (C=O) groups is 1. The van der Waals surface area contributed by atoms with Crippen molar-refractivity contribution in [1.82, 2.24) is 9.78 Å². The van der Waals surface area contributed by atoms with Crippen molar-refractivity contribution in [1.29, 1.82) is 5.26 Å². The van der Waals surface area contributed by atoms with E-state index < -0.39 is 0 Å². The molecule has 2 aromatic carbocycles. The van der Waals surface area contributed by atoms with Gasteiger partial charge in [-0.25, -0.2) is 4.39 Å². The molecule has 0 unspecified atom stereocenters. The molecule has 3 rings (SSSR count). The SMILES string of the molecule is CC(=O)N(Cc1cccc(C#N)c1)c1c(C)nn(Cc2cccc(F)c2)c1C. The zero-order chi connectivity index (χ0) is 20.3. The van der Waals surface area contributed by atoms with E-state index >= 15 is 0 Å². The fraction of sp³-hybridized carbons (Fsp3) is 0.227. The summed E-state index contributed by atoms with van der Waals surface area (Å²) in [7, 11) is 0. The summed E-state index contributed by atoms with van der Waals surface area (Å²) in [4.78, 5) is 14.1. The first-order chi connectivity index (χ1) is 13.4. The lowest BCUT2D eigenvalue weighted by atomic mass is 10.1. The molecule has 0 atom stereocenters. The van der Waals surface area contributed by atoms with E-state index in [1.54, 1.807) is 33.8 Å². The molecule has 0 saturated heterocycles. The van der Waals surface area contributed by atoms with Gasteiger partial charge in [0.1, 0.15) is 5.82 Å². The highest BCUT2D eigenvalue weighted by atomic mass is 19.1. The van der Waals surface area contributed by atoms with Crippen molar-refractivity contribution in [3.8, 4) is 6.07 Å². The monoisotopic (exact) mass is 376 g/mol. The maximum Gasteiger partial charge on any atom is 0.224 e. The van der Waals surface area contributed by atoms with Crippen LogP contribution in [0.5, 0.6) is 0 Å². The minimum absolute atomic E-state index is 0.112. The second-order valence-corrected chi connectivity index (χ2v) is 6.72. The number of aromatic nitrogens is 2. The third-order valence-electron chi connectivity index (χ3n) is 4.61. The Labute approximate surface area is 163 Å². The van der Waals surface area contributed by atoms with Gasteiger partial charge in [0.2, 0.25) is 5.91 Å². The van der Waals surface area contributed by atoms with Gasteiger partial charge in [0.15, 0.2) is 0 Å². The molecule has 0 aliphatic rings. The Morgan fingerprint density at radius 1 is 1.18 bits per heavy atom. The summed E-state index contributed by atoms with van der Waals surface area (Å²) in [5.41, 5.74) is 4.51. The Hall–Kier alpha value is -3.46.